The molecule has 0 saturated carbocycles. The minimum absolute atomic E-state index is 0.314. The van der Waals surface area contributed by atoms with E-state index in [2.05, 4.69) is 52.8 Å². The lowest BCUT2D eigenvalue weighted by atomic mass is 10.1. The molecule has 1 unspecified atom stereocenters. The second kappa shape index (κ2) is 10.4. The Hall–Kier alpha value is -2.88. The van der Waals surface area contributed by atoms with Crippen molar-refractivity contribution in [3.05, 3.63) is 52.8 Å². The Morgan fingerprint density at radius 1 is 1.21 bits per heavy atom. The third kappa shape index (κ3) is 6.80. The van der Waals surface area contributed by atoms with Gasteiger partial charge in [0.25, 0.3) is 0 Å². The van der Waals surface area contributed by atoms with E-state index in [9.17, 15) is 18.0 Å². The molecule has 1 fully saturated rings. The number of carbonyl (C=O) groups excluding carboxylic acids is 1. The molecule has 1 aromatic heterocycles. The normalized spacial score (nSPS) is 18.6. The summed E-state index contributed by atoms with van der Waals surface area (Å²) < 4.78 is 33.9. The zero-order chi connectivity index (χ0) is 24.2. The summed E-state index contributed by atoms with van der Waals surface area (Å²) in [5.41, 5.74) is 5.31. The third-order valence-electron chi connectivity index (χ3n) is 5.79. The number of likely N-dealkylation sites (tertiary alicyclic amines) is 1. The van der Waals surface area contributed by atoms with Gasteiger partial charge in [0.1, 0.15) is 0 Å². The standard InChI is InChI=1S/C21H28N4O.C2HF3O2/c1-16-10-17(2)12-18(11-16)13-23-14-19-5-7-22-25(19)20(15-23)6-9-24-8-3-4-21(24)26;3-2(4,5)1(6)7/h5,7,10-12,20H,3-4,6,8-9,13-15H2,1-2H3;(H,6,7). The molecule has 180 valence electrons. The summed E-state index contributed by atoms with van der Waals surface area (Å²) in [4.78, 5) is 25.3. The zero-order valence-electron chi connectivity index (χ0n) is 18.8. The van der Waals surface area contributed by atoms with E-state index >= 15 is 0 Å². The molecule has 1 aromatic carbocycles. The molecule has 7 nitrogen and oxygen atoms in total. The quantitative estimate of drug-likeness (QED) is 0.727. The topological polar surface area (TPSA) is 78.7 Å². The first-order valence-electron chi connectivity index (χ1n) is 10.9. The highest BCUT2D eigenvalue weighted by Gasteiger charge is 2.38. The number of rotatable bonds is 5. The van der Waals surface area contributed by atoms with Crippen molar-refractivity contribution in [2.45, 2.75) is 58.4 Å². The lowest BCUT2D eigenvalue weighted by Crippen LogP contribution is -2.39. The predicted molar refractivity (Wildman–Crippen MR) is 115 cm³/mol. The van der Waals surface area contributed by atoms with Gasteiger partial charge in [-0.2, -0.15) is 18.3 Å². The Bertz CT molecular complexity index is 969. The maximum absolute atomic E-state index is 11.9. The van der Waals surface area contributed by atoms with Crippen LogP contribution in [0.25, 0.3) is 0 Å². The van der Waals surface area contributed by atoms with Crippen LogP contribution < -0.4 is 0 Å². The summed E-state index contributed by atoms with van der Waals surface area (Å²) in [6, 6.07) is 9.27. The number of fused-ring (bicyclic) bond motifs is 1. The summed E-state index contributed by atoms with van der Waals surface area (Å²) in [5, 5.41) is 11.7. The van der Waals surface area contributed by atoms with Crippen molar-refractivity contribution in [2.75, 3.05) is 19.6 Å². The van der Waals surface area contributed by atoms with E-state index in [0.717, 1.165) is 52.0 Å². The molecule has 1 amide bonds. The van der Waals surface area contributed by atoms with Gasteiger partial charge in [0.05, 0.1) is 11.7 Å². The van der Waals surface area contributed by atoms with Gasteiger partial charge in [-0.25, -0.2) is 4.79 Å². The maximum Gasteiger partial charge on any atom is 0.490 e. The molecule has 1 saturated heterocycles. The molecular formula is C23H29F3N4O3. The number of carboxylic acid groups (broad SMARTS) is 1. The molecule has 10 heteroatoms. The van der Waals surface area contributed by atoms with Crippen LogP contribution in [0, 0.1) is 13.8 Å². The molecule has 0 bridgehead atoms. The summed E-state index contributed by atoms with van der Waals surface area (Å²) in [5.74, 6) is -2.44. The molecule has 0 radical (unpaired) electrons. The lowest BCUT2D eigenvalue weighted by molar-refractivity contribution is -0.192. The summed E-state index contributed by atoms with van der Waals surface area (Å²) in [6.45, 7) is 8.99. The summed E-state index contributed by atoms with van der Waals surface area (Å²) in [7, 11) is 0. The van der Waals surface area contributed by atoms with Crippen LogP contribution in [0.1, 0.15) is 47.7 Å². The highest BCUT2D eigenvalue weighted by molar-refractivity contribution is 5.78. The Labute approximate surface area is 190 Å². The molecule has 33 heavy (non-hydrogen) atoms. The van der Waals surface area contributed by atoms with Gasteiger partial charge in [-0.15, -0.1) is 0 Å². The molecule has 0 spiro atoms. The van der Waals surface area contributed by atoms with Gasteiger partial charge in [-0.05, 0) is 38.3 Å². The molecule has 2 aromatic rings. The predicted octanol–water partition coefficient (Wildman–Crippen LogP) is 3.70. The van der Waals surface area contributed by atoms with Crippen molar-refractivity contribution in [2.24, 2.45) is 0 Å². The van der Waals surface area contributed by atoms with Crippen LogP contribution in [0.5, 0.6) is 0 Å². The maximum atomic E-state index is 11.9. The van der Waals surface area contributed by atoms with E-state index in [1.54, 1.807) is 0 Å². The van der Waals surface area contributed by atoms with Crippen molar-refractivity contribution in [3.8, 4) is 0 Å². The summed E-state index contributed by atoms with van der Waals surface area (Å²) >= 11 is 0. The van der Waals surface area contributed by atoms with Crippen LogP contribution in [0.2, 0.25) is 0 Å². The SMILES string of the molecule is Cc1cc(C)cc(CN2Cc3ccnn3C(CCN3CCCC3=O)C2)c1.O=C(O)C(F)(F)F. The highest BCUT2D eigenvalue weighted by Crippen LogP contribution is 2.26. The zero-order valence-corrected chi connectivity index (χ0v) is 18.8. The second-order valence-electron chi connectivity index (χ2n) is 8.66. The van der Waals surface area contributed by atoms with E-state index < -0.39 is 12.1 Å². The van der Waals surface area contributed by atoms with E-state index in [4.69, 9.17) is 9.90 Å². The number of aryl methyl sites for hydroxylation is 2. The van der Waals surface area contributed by atoms with E-state index in [0.29, 0.717) is 11.9 Å². The van der Waals surface area contributed by atoms with Gasteiger partial charge in [-0.1, -0.05) is 29.3 Å². The smallest absolute Gasteiger partial charge is 0.475 e. The van der Waals surface area contributed by atoms with Crippen molar-refractivity contribution >= 4 is 11.9 Å². The van der Waals surface area contributed by atoms with E-state index in [-0.39, 0.29) is 0 Å². The Balaban J connectivity index is 0.000000383. The number of benzene rings is 1. The van der Waals surface area contributed by atoms with Crippen molar-refractivity contribution < 1.29 is 27.9 Å². The number of carboxylic acids is 1. The Morgan fingerprint density at radius 2 is 1.88 bits per heavy atom. The number of alkyl halides is 3. The molecule has 3 heterocycles. The monoisotopic (exact) mass is 466 g/mol. The number of nitrogens with zero attached hydrogens (tertiary/aromatic N) is 4. The average Bonchev–Trinajstić information content (AvgIpc) is 3.33. The largest absolute Gasteiger partial charge is 0.490 e. The first-order valence-corrected chi connectivity index (χ1v) is 10.9. The molecule has 0 aliphatic carbocycles. The van der Waals surface area contributed by atoms with Crippen LogP contribution in [-0.4, -0.2) is 62.4 Å². The number of hydrogen-bond donors (Lipinski definition) is 1. The third-order valence-corrected chi connectivity index (χ3v) is 5.79. The fourth-order valence-electron chi connectivity index (χ4n) is 4.46. The van der Waals surface area contributed by atoms with Gasteiger partial charge < -0.3 is 10.0 Å². The summed E-state index contributed by atoms with van der Waals surface area (Å²) in [6.07, 6.45) is -0.473. The minimum Gasteiger partial charge on any atom is -0.475 e. The Morgan fingerprint density at radius 3 is 2.45 bits per heavy atom. The Kier molecular flexibility index (Phi) is 7.78. The number of aromatic nitrogens is 2. The molecular weight excluding hydrogens is 437 g/mol. The molecule has 1 N–H and O–H groups in total. The fourth-order valence-corrected chi connectivity index (χ4v) is 4.46. The molecule has 4 rings (SSSR count). The number of halogens is 3. The molecule has 1 atom stereocenters. The second-order valence-corrected chi connectivity index (χ2v) is 8.66. The van der Waals surface area contributed by atoms with Crippen LogP contribution in [0.15, 0.2) is 30.5 Å². The van der Waals surface area contributed by atoms with Gasteiger partial charge in [-0.3, -0.25) is 14.4 Å². The first kappa shape index (κ1) is 24.8. The van der Waals surface area contributed by atoms with Crippen LogP contribution >= 0.6 is 0 Å². The van der Waals surface area contributed by atoms with Crippen LogP contribution in [0.4, 0.5) is 13.2 Å². The minimum atomic E-state index is -5.08. The number of carbonyl (C=O) groups is 2. The fraction of sp³-hybridized carbons (Fsp3) is 0.522. The molecule has 2 aliphatic rings. The van der Waals surface area contributed by atoms with Crippen molar-refractivity contribution in [3.63, 3.8) is 0 Å². The average molecular weight is 467 g/mol. The van der Waals surface area contributed by atoms with Crippen LogP contribution in [0.3, 0.4) is 0 Å². The van der Waals surface area contributed by atoms with Gasteiger partial charge in [0, 0.05) is 45.3 Å². The molecule has 2 aliphatic heterocycles. The first-order chi connectivity index (χ1) is 15.5. The van der Waals surface area contributed by atoms with E-state index in [1.807, 2.05) is 11.1 Å². The van der Waals surface area contributed by atoms with Crippen molar-refractivity contribution in [1.82, 2.24) is 19.6 Å². The van der Waals surface area contributed by atoms with Gasteiger partial charge >= 0.3 is 12.1 Å². The number of hydrogen-bond acceptors (Lipinski definition) is 4. The van der Waals surface area contributed by atoms with Gasteiger partial charge in [0.2, 0.25) is 5.91 Å². The highest BCUT2D eigenvalue weighted by atomic mass is 19.4. The number of aliphatic carboxylic acids is 1. The van der Waals surface area contributed by atoms with E-state index in [1.165, 1.54) is 22.4 Å². The van der Waals surface area contributed by atoms with Crippen LogP contribution in [-0.2, 0) is 22.7 Å². The van der Waals surface area contributed by atoms with Gasteiger partial charge in [0.15, 0.2) is 0 Å². The lowest BCUT2D eigenvalue weighted by Gasteiger charge is -2.34. The van der Waals surface area contributed by atoms with Crippen molar-refractivity contribution in [1.29, 1.82) is 0 Å². The number of amides is 1.